The number of H-pyrrole nitrogens is 1. The lowest BCUT2D eigenvalue weighted by molar-refractivity contribution is -0.141. The Bertz CT molecular complexity index is 623. The molecule has 2 heterocycles. The van der Waals surface area contributed by atoms with E-state index in [1.165, 1.54) is 29.4 Å². The summed E-state index contributed by atoms with van der Waals surface area (Å²) in [5.41, 5.74) is -0.479. The SMILES string of the molecule is CC(=O)OC[C@H]1S[C@H](n2cc(C)c(=O)[nH]c2=O)C[C@@H]1O. The molecule has 0 aromatic carbocycles. The van der Waals surface area contributed by atoms with E-state index in [0.29, 0.717) is 12.0 Å². The lowest BCUT2D eigenvalue weighted by Crippen LogP contribution is -2.32. The molecule has 1 aliphatic heterocycles. The summed E-state index contributed by atoms with van der Waals surface area (Å²) in [5, 5.41) is 9.39. The van der Waals surface area contributed by atoms with Crippen molar-refractivity contribution in [2.45, 2.75) is 37.0 Å². The fourth-order valence-corrected chi connectivity index (χ4v) is 3.47. The predicted molar refractivity (Wildman–Crippen MR) is 73.7 cm³/mol. The van der Waals surface area contributed by atoms with Crippen LogP contribution in [0, 0.1) is 6.92 Å². The van der Waals surface area contributed by atoms with Crippen LogP contribution in [0.5, 0.6) is 0 Å². The molecule has 2 N–H and O–H groups in total. The lowest BCUT2D eigenvalue weighted by atomic mass is 10.2. The number of aliphatic hydroxyl groups excluding tert-OH is 1. The maximum atomic E-state index is 11.8. The molecule has 2 rings (SSSR count). The average Bonchev–Trinajstić information content (AvgIpc) is 2.72. The molecule has 3 atom stereocenters. The van der Waals surface area contributed by atoms with Crippen LogP contribution in [-0.4, -0.2) is 38.6 Å². The molecule has 0 aliphatic carbocycles. The largest absolute Gasteiger partial charge is 0.465 e. The van der Waals surface area contributed by atoms with Crippen LogP contribution < -0.4 is 11.2 Å². The van der Waals surface area contributed by atoms with Crippen LogP contribution in [0.2, 0.25) is 0 Å². The first kappa shape index (κ1) is 14.9. The van der Waals surface area contributed by atoms with Crippen molar-refractivity contribution >= 4 is 17.7 Å². The molecule has 0 amide bonds. The second-order valence-corrected chi connectivity index (χ2v) is 6.14. The second-order valence-electron chi connectivity index (χ2n) is 4.71. The summed E-state index contributed by atoms with van der Waals surface area (Å²) in [7, 11) is 0. The highest BCUT2D eigenvalue weighted by atomic mass is 32.2. The van der Waals surface area contributed by atoms with E-state index < -0.39 is 23.3 Å². The molecule has 0 radical (unpaired) electrons. The van der Waals surface area contributed by atoms with Gasteiger partial charge in [-0.3, -0.25) is 19.1 Å². The smallest absolute Gasteiger partial charge is 0.329 e. The van der Waals surface area contributed by atoms with Crippen molar-refractivity contribution in [2.75, 3.05) is 6.61 Å². The number of hydrogen-bond donors (Lipinski definition) is 2. The number of aliphatic hydroxyl groups is 1. The zero-order chi connectivity index (χ0) is 14.9. The Morgan fingerprint density at radius 1 is 1.60 bits per heavy atom. The summed E-state index contributed by atoms with van der Waals surface area (Å²) in [4.78, 5) is 36.1. The number of aromatic amines is 1. The third-order valence-electron chi connectivity index (χ3n) is 3.11. The predicted octanol–water partition coefficient (Wildman–Crippen LogP) is -0.227. The third-order valence-corrected chi connectivity index (χ3v) is 4.64. The van der Waals surface area contributed by atoms with Gasteiger partial charge in [0.1, 0.15) is 6.61 Å². The van der Waals surface area contributed by atoms with Crippen LogP contribution >= 0.6 is 11.8 Å². The zero-order valence-electron chi connectivity index (χ0n) is 11.2. The molecule has 0 unspecified atom stereocenters. The van der Waals surface area contributed by atoms with E-state index in [1.807, 2.05) is 0 Å². The van der Waals surface area contributed by atoms with E-state index in [1.54, 1.807) is 6.92 Å². The molecule has 8 heteroatoms. The number of rotatable bonds is 3. The van der Waals surface area contributed by atoms with Gasteiger partial charge in [0.05, 0.1) is 16.7 Å². The molecule has 0 saturated carbocycles. The number of nitrogens with zero attached hydrogens (tertiary/aromatic N) is 1. The molecule has 1 aromatic rings. The van der Waals surface area contributed by atoms with Crippen molar-refractivity contribution in [1.29, 1.82) is 0 Å². The van der Waals surface area contributed by atoms with E-state index in [-0.39, 0.29) is 17.2 Å². The lowest BCUT2D eigenvalue weighted by Gasteiger charge is -2.14. The molecule has 1 fully saturated rings. The van der Waals surface area contributed by atoms with Crippen molar-refractivity contribution in [3.63, 3.8) is 0 Å². The number of esters is 1. The standard InChI is InChI=1S/C12H16N2O5S/c1-6-4-14(12(18)13-11(6)17)10-3-8(16)9(20-10)5-19-7(2)15/h4,8-10,16H,3,5H2,1-2H3,(H,13,17,18)/t8-,9+,10-/m0/s1. The summed E-state index contributed by atoms with van der Waals surface area (Å²) >= 11 is 1.36. The van der Waals surface area contributed by atoms with Crippen LogP contribution in [0.25, 0.3) is 0 Å². The van der Waals surface area contributed by atoms with Crippen LogP contribution in [0.4, 0.5) is 0 Å². The first-order chi connectivity index (χ1) is 9.38. The van der Waals surface area contributed by atoms with Gasteiger partial charge in [0.15, 0.2) is 0 Å². The molecule has 0 bridgehead atoms. The summed E-state index contributed by atoms with van der Waals surface area (Å²) in [6.45, 7) is 3.02. The van der Waals surface area contributed by atoms with Crippen molar-refractivity contribution in [1.82, 2.24) is 9.55 Å². The Morgan fingerprint density at radius 2 is 2.30 bits per heavy atom. The van der Waals surface area contributed by atoms with Gasteiger partial charge in [-0.25, -0.2) is 4.79 Å². The number of aromatic nitrogens is 2. The summed E-state index contributed by atoms with van der Waals surface area (Å²) in [6, 6.07) is 0. The highest BCUT2D eigenvalue weighted by Gasteiger charge is 2.36. The summed E-state index contributed by atoms with van der Waals surface area (Å²) < 4.78 is 6.29. The zero-order valence-corrected chi connectivity index (χ0v) is 12.0. The van der Waals surface area contributed by atoms with E-state index >= 15 is 0 Å². The first-order valence-corrected chi connectivity index (χ1v) is 7.11. The van der Waals surface area contributed by atoms with Gasteiger partial charge in [-0.15, -0.1) is 11.8 Å². The maximum Gasteiger partial charge on any atom is 0.329 e. The molecule has 110 valence electrons. The van der Waals surface area contributed by atoms with Crippen molar-refractivity contribution < 1.29 is 14.6 Å². The van der Waals surface area contributed by atoms with Gasteiger partial charge in [-0.2, -0.15) is 0 Å². The van der Waals surface area contributed by atoms with E-state index in [0.717, 1.165) is 0 Å². The quantitative estimate of drug-likeness (QED) is 0.748. The Kier molecular flexibility index (Phi) is 4.34. The van der Waals surface area contributed by atoms with Gasteiger partial charge in [0.25, 0.3) is 5.56 Å². The van der Waals surface area contributed by atoms with Gasteiger partial charge in [-0.1, -0.05) is 0 Å². The molecule has 1 aromatic heterocycles. The molecule has 0 spiro atoms. The van der Waals surface area contributed by atoms with Gasteiger partial charge in [0.2, 0.25) is 0 Å². The Hall–Kier alpha value is -1.54. The van der Waals surface area contributed by atoms with Crippen LogP contribution in [0.15, 0.2) is 15.8 Å². The highest BCUT2D eigenvalue weighted by molar-refractivity contribution is 8.00. The highest BCUT2D eigenvalue weighted by Crippen LogP contribution is 2.40. The van der Waals surface area contributed by atoms with Gasteiger partial charge < -0.3 is 9.84 Å². The minimum absolute atomic E-state index is 0.106. The van der Waals surface area contributed by atoms with E-state index in [2.05, 4.69) is 4.98 Å². The molecule has 1 saturated heterocycles. The minimum Gasteiger partial charge on any atom is -0.465 e. The second kappa shape index (κ2) is 5.84. The Balaban J connectivity index is 2.16. The number of carbonyl (C=O) groups is 1. The normalized spacial score (nSPS) is 25.6. The maximum absolute atomic E-state index is 11.8. The number of carbonyl (C=O) groups excluding carboxylic acids is 1. The number of thioether (sulfide) groups is 1. The van der Waals surface area contributed by atoms with E-state index in [4.69, 9.17) is 4.74 Å². The monoisotopic (exact) mass is 300 g/mol. The van der Waals surface area contributed by atoms with E-state index in [9.17, 15) is 19.5 Å². The van der Waals surface area contributed by atoms with Crippen LogP contribution in [-0.2, 0) is 9.53 Å². The number of hydrogen-bond acceptors (Lipinski definition) is 6. The summed E-state index contributed by atoms with van der Waals surface area (Å²) in [5.74, 6) is -0.404. The number of ether oxygens (including phenoxy) is 1. The fourth-order valence-electron chi connectivity index (χ4n) is 2.04. The summed E-state index contributed by atoms with van der Waals surface area (Å²) in [6.07, 6.45) is 1.19. The van der Waals surface area contributed by atoms with Gasteiger partial charge >= 0.3 is 11.7 Å². The van der Waals surface area contributed by atoms with Gasteiger partial charge in [-0.05, 0) is 6.92 Å². The molecular weight excluding hydrogens is 284 g/mol. The van der Waals surface area contributed by atoms with Crippen molar-refractivity contribution in [3.05, 3.63) is 32.6 Å². The molecule has 20 heavy (non-hydrogen) atoms. The molecule has 7 nitrogen and oxygen atoms in total. The first-order valence-electron chi connectivity index (χ1n) is 6.17. The number of aryl methyl sites for hydroxylation is 1. The third kappa shape index (κ3) is 3.13. The Labute approximate surface area is 119 Å². The minimum atomic E-state index is -0.663. The van der Waals surface area contributed by atoms with Crippen LogP contribution in [0.1, 0.15) is 24.3 Å². The Morgan fingerprint density at radius 3 is 2.95 bits per heavy atom. The van der Waals surface area contributed by atoms with Crippen LogP contribution in [0.3, 0.4) is 0 Å². The van der Waals surface area contributed by atoms with Crippen molar-refractivity contribution in [3.8, 4) is 0 Å². The number of nitrogens with one attached hydrogen (secondary N) is 1. The molecule has 1 aliphatic rings. The topological polar surface area (TPSA) is 101 Å². The van der Waals surface area contributed by atoms with Crippen molar-refractivity contribution in [2.24, 2.45) is 0 Å². The molecular formula is C12H16N2O5S. The fraction of sp³-hybridized carbons (Fsp3) is 0.583. The van der Waals surface area contributed by atoms with Gasteiger partial charge in [0, 0.05) is 25.1 Å². The average molecular weight is 300 g/mol.